The number of rotatable bonds is 2. The second-order valence-electron chi connectivity index (χ2n) is 8.40. The highest BCUT2D eigenvalue weighted by Crippen LogP contribution is 2.44. The summed E-state index contributed by atoms with van der Waals surface area (Å²) in [4.78, 5) is 13.0. The highest BCUT2D eigenvalue weighted by Gasteiger charge is 2.62. The van der Waals surface area contributed by atoms with Gasteiger partial charge in [-0.15, -0.1) is 0 Å². The van der Waals surface area contributed by atoms with Gasteiger partial charge in [-0.3, -0.25) is 4.79 Å². The minimum atomic E-state index is -0.865. The first-order chi connectivity index (χ1) is 12.5. The van der Waals surface area contributed by atoms with Crippen LogP contribution in [-0.4, -0.2) is 48.2 Å². The maximum Gasteiger partial charge on any atom is 0.256 e. The molecule has 0 radical (unpaired) electrons. The molecule has 0 unspecified atom stereocenters. The van der Waals surface area contributed by atoms with Gasteiger partial charge in [0.15, 0.2) is 24.0 Å². The van der Waals surface area contributed by atoms with Gasteiger partial charge in [-0.05, 0) is 53.2 Å². The maximum atomic E-state index is 13.0. The van der Waals surface area contributed by atoms with E-state index >= 15 is 0 Å². The zero-order chi connectivity index (χ0) is 19.6. The monoisotopic (exact) mass is 377 g/mol. The van der Waals surface area contributed by atoms with Crippen LogP contribution in [0.1, 0.15) is 38.8 Å². The molecule has 0 saturated carbocycles. The highest BCUT2D eigenvalue weighted by atomic mass is 16.9. The lowest BCUT2D eigenvalue weighted by molar-refractivity contribution is -0.229. The summed E-state index contributed by atoms with van der Waals surface area (Å²) in [5, 5.41) is 2.95. The van der Waals surface area contributed by atoms with Crippen molar-refractivity contribution in [1.82, 2.24) is 0 Å². The van der Waals surface area contributed by atoms with Crippen LogP contribution >= 0.6 is 0 Å². The molecular weight excluding hydrogens is 350 g/mol. The zero-order valence-electron chi connectivity index (χ0n) is 16.6. The molecule has 4 rings (SSSR count). The van der Waals surface area contributed by atoms with Crippen LogP contribution < -0.4 is 5.32 Å². The van der Waals surface area contributed by atoms with Crippen molar-refractivity contribution < 1.29 is 28.5 Å². The lowest BCUT2D eigenvalue weighted by Gasteiger charge is -2.36. The third kappa shape index (κ3) is 3.50. The molecule has 3 aliphatic rings. The minimum absolute atomic E-state index is 0.287. The SMILES string of the molecule is Cc1ccc(NC(=O)[C@@H]2O[C@@H]3OC(C)(C)O[C@@H]3[C@@H]3OC(C)(C)O[C@@H]32)c(C)c1. The van der Waals surface area contributed by atoms with Gasteiger partial charge >= 0.3 is 0 Å². The molecule has 3 aliphatic heterocycles. The Labute approximate surface area is 159 Å². The van der Waals surface area contributed by atoms with E-state index in [1.54, 1.807) is 0 Å². The van der Waals surface area contributed by atoms with Gasteiger partial charge in [-0.25, -0.2) is 0 Å². The number of benzene rings is 1. The number of aryl methyl sites for hydroxylation is 2. The summed E-state index contributed by atoms with van der Waals surface area (Å²) in [6, 6.07) is 5.86. The Kier molecular flexibility index (Phi) is 4.36. The Hall–Kier alpha value is -1.51. The third-order valence-corrected chi connectivity index (χ3v) is 5.05. The van der Waals surface area contributed by atoms with Crippen molar-refractivity contribution in [3.63, 3.8) is 0 Å². The van der Waals surface area contributed by atoms with E-state index in [1.807, 2.05) is 59.7 Å². The molecule has 0 aromatic heterocycles. The average molecular weight is 377 g/mol. The first-order valence-electron chi connectivity index (χ1n) is 9.29. The molecule has 1 N–H and O–H groups in total. The fraction of sp³-hybridized carbons (Fsp3) is 0.650. The molecule has 1 aromatic carbocycles. The Morgan fingerprint density at radius 3 is 2.26 bits per heavy atom. The van der Waals surface area contributed by atoms with E-state index in [2.05, 4.69) is 5.32 Å². The number of hydrogen-bond donors (Lipinski definition) is 1. The number of amides is 1. The molecule has 0 aliphatic carbocycles. The largest absolute Gasteiger partial charge is 0.342 e. The van der Waals surface area contributed by atoms with E-state index in [-0.39, 0.29) is 5.91 Å². The molecule has 0 bridgehead atoms. The number of ether oxygens (including phenoxy) is 5. The molecule has 0 spiro atoms. The molecule has 3 heterocycles. The number of anilines is 1. The van der Waals surface area contributed by atoms with E-state index in [9.17, 15) is 4.79 Å². The van der Waals surface area contributed by atoms with E-state index in [4.69, 9.17) is 23.7 Å². The van der Waals surface area contributed by atoms with Gasteiger partial charge in [0.2, 0.25) is 0 Å². The Morgan fingerprint density at radius 2 is 1.56 bits per heavy atom. The van der Waals surface area contributed by atoms with Crippen LogP contribution in [0.4, 0.5) is 5.69 Å². The van der Waals surface area contributed by atoms with Crippen LogP contribution in [-0.2, 0) is 28.5 Å². The van der Waals surface area contributed by atoms with Crippen molar-refractivity contribution in [2.45, 2.75) is 83.8 Å². The third-order valence-electron chi connectivity index (χ3n) is 5.05. The van der Waals surface area contributed by atoms with Crippen LogP contribution in [0, 0.1) is 13.8 Å². The lowest BCUT2D eigenvalue weighted by Crippen LogP contribution is -2.58. The molecule has 1 aromatic rings. The second kappa shape index (κ2) is 6.25. The van der Waals surface area contributed by atoms with E-state index in [0.29, 0.717) is 0 Å². The quantitative estimate of drug-likeness (QED) is 0.854. The standard InChI is InChI=1S/C20H27NO6/c1-10-7-8-12(11(2)9-10)21-17(22)15-13-14(25-19(3,4)24-13)16-18(23-15)27-20(5,6)26-16/h7-9,13-16,18H,1-6H3,(H,21,22)/t13-,14+,15+,16+,18+/m0/s1. The fourth-order valence-electron chi connectivity index (χ4n) is 3.98. The van der Waals surface area contributed by atoms with E-state index in [1.165, 1.54) is 0 Å². The molecule has 3 fully saturated rings. The number of hydrogen-bond acceptors (Lipinski definition) is 6. The first kappa shape index (κ1) is 18.8. The summed E-state index contributed by atoms with van der Waals surface area (Å²) >= 11 is 0. The predicted octanol–water partition coefficient (Wildman–Crippen LogP) is 2.64. The van der Waals surface area contributed by atoms with Crippen LogP contribution in [0.15, 0.2) is 18.2 Å². The van der Waals surface area contributed by atoms with Crippen LogP contribution in [0.25, 0.3) is 0 Å². The van der Waals surface area contributed by atoms with Crippen molar-refractivity contribution >= 4 is 11.6 Å². The van der Waals surface area contributed by atoms with Crippen LogP contribution in [0.5, 0.6) is 0 Å². The maximum absolute atomic E-state index is 13.0. The van der Waals surface area contributed by atoms with Gasteiger partial charge in [0.1, 0.15) is 18.3 Å². The van der Waals surface area contributed by atoms with Crippen molar-refractivity contribution in [1.29, 1.82) is 0 Å². The summed E-state index contributed by atoms with van der Waals surface area (Å²) in [7, 11) is 0. The predicted molar refractivity (Wildman–Crippen MR) is 97.1 cm³/mol. The lowest BCUT2D eigenvalue weighted by atomic mass is 9.98. The molecule has 27 heavy (non-hydrogen) atoms. The molecule has 7 nitrogen and oxygen atoms in total. The molecule has 1 amide bonds. The Balaban J connectivity index is 1.59. The summed E-state index contributed by atoms with van der Waals surface area (Å²) in [6.07, 6.45) is -3.03. The summed E-state index contributed by atoms with van der Waals surface area (Å²) in [5.74, 6) is -1.93. The van der Waals surface area contributed by atoms with Crippen LogP contribution in [0.3, 0.4) is 0 Å². The fourth-order valence-corrected chi connectivity index (χ4v) is 3.98. The summed E-state index contributed by atoms with van der Waals surface area (Å²) in [6.45, 7) is 11.2. The van der Waals surface area contributed by atoms with Crippen molar-refractivity contribution in [2.75, 3.05) is 5.32 Å². The minimum Gasteiger partial charge on any atom is -0.342 e. The number of nitrogens with one attached hydrogen (secondary N) is 1. The van der Waals surface area contributed by atoms with Crippen LogP contribution in [0.2, 0.25) is 0 Å². The van der Waals surface area contributed by atoms with Gasteiger partial charge in [0, 0.05) is 5.69 Å². The number of carbonyl (C=O) groups excluding carboxylic acids is 1. The van der Waals surface area contributed by atoms with Gasteiger partial charge < -0.3 is 29.0 Å². The smallest absolute Gasteiger partial charge is 0.256 e. The molecule has 3 saturated heterocycles. The van der Waals surface area contributed by atoms with Gasteiger partial charge in [-0.1, -0.05) is 17.7 Å². The normalized spacial score (nSPS) is 36.1. The van der Waals surface area contributed by atoms with Gasteiger partial charge in [0.05, 0.1) is 0 Å². The van der Waals surface area contributed by atoms with E-state index < -0.39 is 42.3 Å². The van der Waals surface area contributed by atoms with Gasteiger partial charge in [0.25, 0.3) is 5.91 Å². The van der Waals surface area contributed by atoms with Crippen molar-refractivity contribution in [2.24, 2.45) is 0 Å². The van der Waals surface area contributed by atoms with E-state index in [0.717, 1.165) is 16.8 Å². The number of carbonyl (C=O) groups is 1. The van der Waals surface area contributed by atoms with Crippen molar-refractivity contribution in [3.8, 4) is 0 Å². The molecular formula is C20H27NO6. The van der Waals surface area contributed by atoms with Gasteiger partial charge in [-0.2, -0.15) is 0 Å². The Morgan fingerprint density at radius 1 is 0.926 bits per heavy atom. The Bertz CT molecular complexity index is 761. The highest BCUT2D eigenvalue weighted by molar-refractivity contribution is 5.95. The molecule has 148 valence electrons. The molecule has 7 heteroatoms. The second-order valence-corrected chi connectivity index (χ2v) is 8.40. The first-order valence-corrected chi connectivity index (χ1v) is 9.29. The summed E-state index contributed by atoms with van der Waals surface area (Å²) in [5.41, 5.74) is 2.87. The van der Waals surface area contributed by atoms with Crippen molar-refractivity contribution in [3.05, 3.63) is 29.3 Å². The topological polar surface area (TPSA) is 75.3 Å². The summed E-state index contributed by atoms with van der Waals surface area (Å²) < 4.78 is 29.8. The average Bonchev–Trinajstić information content (AvgIpc) is 3.03. The number of fused-ring (bicyclic) bond motifs is 3. The molecule has 5 atom stereocenters. The zero-order valence-corrected chi connectivity index (χ0v) is 16.6.